The highest BCUT2D eigenvalue weighted by Crippen LogP contribution is 2.47. The van der Waals surface area contributed by atoms with Crippen molar-refractivity contribution in [3.8, 4) is 17.3 Å². The van der Waals surface area contributed by atoms with Gasteiger partial charge in [0.15, 0.2) is 5.60 Å². The van der Waals surface area contributed by atoms with Crippen molar-refractivity contribution >= 4 is 22.6 Å². The minimum atomic E-state index is -1.13. The lowest BCUT2D eigenvalue weighted by atomic mass is 9.74. The van der Waals surface area contributed by atoms with Gasteiger partial charge < -0.3 is 10.1 Å². The van der Waals surface area contributed by atoms with E-state index in [1.54, 1.807) is 13.1 Å². The second kappa shape index (κ2) is 6.13. The Labute approximate surface area is 168 Å². The summed E-state index contributed by atoms with van der Waals surface area (Å²) < 4.78 is 7.66. The summed E-state index contributed by atoms with van der Waals surface area (Å²) in [6, 6.07) is 12.3. The molecule has 7 heteroatoms. The van der Waals surface area contributed by atoms with Crippen molar-refractivity contribution in [3.63, 3.8) is 0 Å². The zero-order valence-electron chi connectivity index (χ0n) is 16.4. The Morgan fingerprint density at radius 2 is 2.10 bits per heavy atom. The van der Waals surface area contributed by atoms with Gasteiger partial charge in [0.2, 0.25) is 0 Å². The molecule has 1 aromatic carbocycles. The lowest BCUT2D eigenvalue weighted by Crippen LogP contribution is -2.41. The number of fused-ring (bicyclic) bond motifs is 2. The average Bonchev–Trinajstić information content (AvgIpc) is 3.21. The van der Waals surface area contributed by atoms with E-state index in [-0.39, 0.29) is 11.4 Å². The van der Waals surface area contributed by atoms with Gasteiger partial charge in [0.05, 0.1) is 23.5 Å². The lowest BCUT2D eigenvalue weighted by molar-refractivity contribution is -0.135. The number of anilines is 1. The Bertz CT molecular complexity index is 1190. The van der Waals surface area contributed by atoms with Crippen LogP contribution in [0.2, 0.25) is 0 Å². The molecule has 1 fully saturated rings. The number of hydrogen-bond acceptors (Lipinski definition) is 5. The fraction of sp³-hybridized carbons (Fsp3) is 0.364. The van der Waals surface area contributed by atoms with Crippen LogP contribution in [0.5, 0.6) is 0 Å². The molecule has 0 spiro atoms. The largest absolute Gasteiger partial charge is 0.364 e. The third kappa shape index (κ3) is 2.29. The number of ether oxygens (including phenoxy) is 1. The molecule has 0 saturated heterocycles. The van der Waals surface area contributed by atoms with E-state index >= 15 is 0 Å². The minimum absolute atomic E-state index is 0.237. The van der Waals surface area contributed by atoms with Crippen LogP contribution in [-0.4, -0.2) is 27.8 Å². The zero-order chi connectivity index (χ0) is 20.2. The summed E-state index contributed by atoms with van der Waals surface area (Å²) in [6.07, 6.45) is 5.09. The molecule has 146 valence electrons. The normalized spacial score (nSPS) is 22.0. The number of hydrogen-bond donors (Lipinski definition) is 1. The number of rotatable bonds is 4. The van der Waals surface area contributed by atoms with Gasteiger partial charge in [-0.1, -0.05) is 18.2 Å². The highest BCUT2D eigenvalue weighted by molar-refractivity contribution is 6.07. The van der Waals surface area contributed by atoms with Gasteiger partial charge in [-0.3, -0.25) is 9.48 Å². The quantitative estimate of drug-likeness (QED) is 0.737. The van der Waals surface area contributed by atoms with E-state index in [9.17, 15) is 10.1 Å². The van der Waals surface area contributed by atoms with E-state index in [2.05, 4.69) is 16.4 Å². The van der Waals surface area contributed by atoms with E-state index in [1.165, 1.54) is 7.11 Å². The van der Waals surface area contributed by atoms with E-state index in [4.69, 9.17) is 9.84 Å². The molecular formula is C22H21N5O2. The van der Waals surface area contributed by atoms with E-state index in [0.717, 1.165) is 41.4 Å². The minimum Gasteiger partial charge on any atom is -0.364 e. The Balaban J connectivity index is 1.79. The summed E-state index contributed by atoms with van der Waals surface area (Å²) in [5, 5.41) is 18.2. The Morgan fingerprint density at radius 1 is 1.31 bits per heavy atom. The molecule has 5 rings (SSSR count). The smallest absolute Gasteiger partial charge is 0.262 e. The number of carbonyl (C=O) groups excluding carboxylic acids is 1. The monoisotopic (exact) mass is 387 g/mol. The Morgan fingerprint density at radius 3 is 2.79 bits per heavy atom. The summed E-state index contributed by atoms with van der Waals surface area (Å²) in [4.78, 5) is 16.9. The van der Waals surface area contributed by atoms with E-state index in [0.29, 0.717) is 17.8 Å². The third-order valence-corrected chi connectivity index (χ3v) is 6.49. The molecule has 1 saturated carbocycles. The summed E-state index contributed by atoms with van der Waals surface area (Å²) in [6.45, 7) is 1.75. The molecule has 1 N–H and O–H groups in total. The molecule has 7 nitrogen and oxygen atoms in total. The van der Waals surface area contributed by atoms with Gasteiger partial charge in [0, 0.05) is 29.8 Å². The fourth-order valence-electron chi connectivity index (χ4n) is 4.59. The maximum absolute atomic E-state index is 12.6. The molecular weight excluding hydrogens is 366 g/mol. The molecule has 1 amide bonds. The molecule has 3 heterocycles. The number of aromatic nitrogens is 3. The second-order valence-electron chi connectivity index (χ2n) is 7.96. The second-order valence-corrected chi connectivity index (χ2v) is 7.96. The number of pyridine rings is 1. The molecule has 1 unspecified atom stereocenters. The van der Waals surface area contributed by atoms with Crippen molar-refractivity contribution in [2.45, 2.75) is 43.7 Å². The van der Waals surface area contributed by atoms with Crippen LogP contribution in [0.1, 0.15) is 38.2 Å². The first-order valence-corrected chi connectivity index (χ1v) is 9.76. The maximum Gasteiger partial charge on any atom is 0.262 e. The molecule has 2 aliphatic rings. The van der Waals surface area contributed by atoms with Gasteiger partial charge >= 0.3 is 0 Å². The number of nitrogens with one attached hydrogen (secondary N) is 1. The van der Waals surface area contributed by atoms with Crippen LogP contribution in [0.15, 0.2) is 36.5 Å². The van der Waals surface area contributed by atoms with Gasteiger partial charge in [-0.15, -0.1) is 0 Å². The number of para-hydroxylation sites is 1. The number of carbonyl (C=O) groups is 1. The van der Waals surface area contributed by atoms with Crippen LogP contribution >= 0.6 is 0 Å². The standard InChI is InChI=1S/C22H21N5O2/c1-21(29-2)17-15(8-13-24-19(17)25-20(21)28)18-14-6-3-4-7-16(14)27(26-18)22(11-12-23)9-5-10-22/h3-4,6-8,13H,5,9-11H2,1-2H3,(H,24,25,28). The molecule has 1 aliphatic heterocycles. The first-order chi connectivity index (χ1) is 14.0. The van der Waals surface area contributed by atoms with E-state index < -0.39 is 5.60 Å². The number of amides is 1. The van der Waals surface area contributed by atoms with Crippen molar-refractivity contribution in [1.29, 1.82) is 5.26 Å². The first-order valence-electron chi connectivity index (χ1n) is 9.76. The first kappa shape index (κ1) is 17.8. The highest BCUT2D eigenvalue weighted by atomic mass is 16.5. The summed E-state index contributed by atoms with van der Waals surface area (Å²) in [5.74, 6) is 0.268. The van der Waals surface area contributed by atoms with Crippen LogP contribution < -0.4 is 5.32 Å². The van der Waals surface area contributed by atoms with Crippen molar-refractivity contribution in [2.75, 3.05) is 12.4 Å². The van der Waals surface area contributed by atoms with Gasteiger partial charge in [-0.25, -0.2) is 4.98 Å². The summed E-state index contributed by atoms with van der Waals surface area (Å²) in [5.41, 5.74) is 1.90. The van der Waals surface area contributed by atoms with Crippen LogP contribution in [0.4, 0.5) is 5.82 Å². The van der Waals surface area contributed by atoms with E-state index in [1.807, 2.05) is 35.0 Å². The van der Waals surface area contributed by atoms with Crippen LogP contribution in [-0.2, 0) is 20.7 Å². The average molecular weight is 387 g/mol. The molecule has 1 atom stereocenters. The predicted octanol–water partition coefficient (Wildman–Crippen LogP) is 3.70. The summed E-state index contributed by atoms with van der Waals surface area (Å²) >= 11 is 0. The molecule has 0 bridgehead atoms. The van der Waals surface area contributed by atoms with Crippen molar-refractivity contribution < 1.29 is 9.53 Å². The molecule has 0 radical (unpaired) electrons. The lowest BCUT2D eigenvalue weighted by Gasteiger charge is -2.40. The van der Waals surface area contributed by atoms with Gasteiger partial charge in [0.1, 0.15) is 11.5 Å². The number of nitrogens with zero attached hydrogens (tertiary/aromatic N) is 4. The molecule has 2 aromatic heterocycles. The van der Waals surface area contributed by atoms with Crippen LogP contribution in [0, 0.1) is 11.3 Å². The van der Waals surface area contributed by atoms with Crippen molar-refractivity contribution in [2.24, 2.45) is 0 Å². The number of nitriles is 1. The van der Waals surface area contributed by atoms with Crippen molar-refractivity contribution in [1.82, 2.24) is 14.8 Å². The van der Waals surface area contributed by atoms with Crippen LogP contribution in [0.3, 0.4) is 0 Å². The zero-order valence-corrected chi connectivity index (χ0v) is 16.4. The van der Waals surface area contributed by atoms with Crippen LogP contribution in [0.25, 0.3) is 22.2 Å². The molecule has 1 aliphatic carbocycles. The van der Waals surface area contributed by atoms with Gasteiger partial charge in [0.25, 0.3) is 5.91 Å². The fourth-order valence-corrected chi connectivity index (χ4v) is 4.59. The predicted molar refractivity (Wildman–Crippen MR) is 108 cm³/mol. The molecule has 3 aromatic rings. The summed E-state index contributed by atoms with van der Waals surface area (Å²) in [7, 11) is 1.53. The SMILES string of the molecule is COC1(C)C(=O)Nc2nccc(-c3nn(C4(CC#N)CCC4)c4ccccc34)c21. The van der Waals surface area contributed by atoms with Gasteiger partial charge in [-0.05, 0) is 38.3 Å². The number of methoxy groups -OCH3 is 1. The topological polar surface area (TPSA) is 92.8 Å². The number of benzene rings is 1. The third-order valence-electron chi connectivity index (χ3n) is 6.49. The Hall–Kier alpha value is -3.24. The highest BCUT2D eigenvalue weighted by Gasteiger charge is 2.47. The molecule has 29 heavy (non-hydrogen) atoms. The van der Waals surface area contributed by atoms with Crippen molar-refractivity contribution in [3.05, 3.63) is 42.1 Å². The Kier molecular flexibility index (Phi) is 3.77. The van der Waals surface area contributed by atoms with Gasteiger partial charge in [-0.2, -0.15) is 10.4 Å². The maximum atomic E-state index is 12.6.